The number of rotatable bonds is 8. The second kappa shape index (κ2) is 7.60. The lowest BCUT2D eigenvalue weighted by Gasteiger charge is -2.30. The maximum atomic E-state index is 11.0. The molecule has 2 atom stereocenters. The lowest BCUT2D eigenvalue weighted by atomic mass is 10.9. The van der Waals surface area contributed by atoms with Crippen LogP contribution >= 0.6 is 8.46 Å². The molecular weight excluding hydrogens is 219 g/mol. The van der Waals surface area contributed by atoms with Crippen LogP contribution in [0.4, 0.5) is 0 Å². The van der Waals surface area contributed by atoms with Crippen molar-refractivity contribution >= 4 is 17.3 Å². The summed E-state index contributed by atoms with van der Waals surface area (Å²) >= 11 is 0. The number of hydrogen-bond acceptors (Lipinski definition) is 4. The van der Waals surface area contributed by atoms with Gasteiger partial charge < -0.3 is 17.8 Å². The Bertz CT molecular complexity index is 150. The maximum Gasteiger partial charge on any atom is 0.511 e. The van der Waals surface area contributed by atoms with Crippen LogP contribution in [0.1, 0.15) is 27.7 Å². The highest BCUT2D eigenvalue weighted by Gasteiger charge is 2.46. The Labute approximate surface area is 88.5 Å². The fraction of sp³-hybridized carbons (Fsp3) is 1.00. The van der Waals surface area contributed by atoms with E-state index in [1.807, 2.05) is 27.7 Å². The second-order valence-electron chi connectivity index (χ2n) is 2.83. The quantitative estimate of drug-likeness (QED) is 0.478. The minimum Gasteiger partial charge on any atom is -0.373 e. The minimum absolute atomic E-state index is 0.0950. The summed E-state index contributed by atoms with van der Waals surface area (Å²) in [6.07, 6.45) is 0. The van der Waals surface area contributed by atoms with Crippen LogP contribution in [0.25, 0.3) is 0 Å². The molecule has 0 aromatic rings. The normalized spacial score (nSPS) is 15.1. The van der Waals surface area contributed by atoms with Crippen LogP contribution in [0.15, 0.2) is 0 Å². The van der Waals surface area contributed by atoms with Gasteiger partial charge in [0.2, 0.25) is 0 Å². The summed E-state index contributed by atoms with van der Waals surface area (Å²) in [6.45, 7) is 9.17. The van der Waals surface area contributed by atoms with Crippen molar-refractivity contribution in [2.45, 2.75) is 33.0 Å². The van der Waals surface area contributed by atoms with Crippen molar-refractivity contribution in [2.75, 3.05) is 19.8 Å². The first-order chi connectivity index (χ1) is 6.66. The van der Waals surface area contributed by atoms with E-state index in [1.54, 1.807) is 0 Å². The summed E-state index contributed by atoms with van der Waals surface area (Å²) in [5.41, 5.74) is 0. The molecule has 0 aliphatic rings. The summed E-state index contributed by atoms with van der Waals surface area (Å²) < 4.78 is 27.7. The van der Waals surface area contributed by atoms with Crippen LogP contribution < -0.4 is 0 Å². The predicted molar refractivity (Wildman–Crippen MR) is 60.5 cm³/mol. The molecule has 0 aliphatic carbocycles. The van der Waals surface area contributed by atoms with Crippen LogP contribution in [-0.2, 0) is 17.8 Å². The zero-order valence-corrected chi connectivity index (χ0v) is 11.6. The first-order valence-electron chi connectivity index (χ1n) is 5.03. The second-order valence-corrected chi connectivity index (χ2v) is 7.75. The molecular formula is C8H21O4PSi. The fourth-order valence-electron chi connectivity index (χ4n) is 1.21. The van der Waals surface area contributed by atoms with Gasteiger partial charge in [-0.3, -0.25) is 0 Å². The Balaban J connectivity index is 4.61. The fourth-order valence-corrected chi connectivity index (χ4v) is 4.98. The van der Waals surface area contributed by atoms with E-state index in [4.69, 9.17) is 13.3 Å². The van der Waals surface area contributed by atoms with Gasteiger partial charge in [-0.15, -0.1) is 0 Å². The summed E-state index contributed by atoms with van der Waals surface area (Å²) in [5.74, 6) is 0. The lowest BCUT2D eigenvalue weighted by Crippen LogP contribution is -2.53. The average Bonchev–Trinajstić information content (AvgIpc) is 2.17. The molecule has 0 aromatic carbocycles. The van der Waals surface area contributed by atoms with Gasteiger partial charge in [-0.25, -0.2) is 0 Å². The highest BCUT2D eigenvalue weighted by atomic mass is 31.1. The Kier molecular flexibility index (Phi) is 7.77. The van der Waals surface area contributed by atoms with E-state index < -0.39 is 17.3 Å². The molecule has 4 nitrogen and oxygen atoms in total. The van der Waals surface area contributed by atoms with E-state index in [-0.39, 0.29) is 5.28 Å². The third-order valence-corrected chi connectivity index (χ3v) is 7.03. The van der Waals surface area contributed by atoms with Crippen molar-refractivity contribution in [3.63, 3.8) is 0 Å². The van der Waals surface area contributed by atoms with Gasteiger partial charge >= 0.3 is 8.80 Å². The van der Waals surface area contributed by atoms with Gasteiger partial charge in [0.25, 0.3) is 0 Å². The van der Waals surface area contributed by atoms with Crippen molar-refractivity contribution in [1.29, 1.82) is 0 Å². The molecule has 0 fully saturated rings. The highest BCUT2D eigenvalue weighted by molar-refractivity contribution is 7.29. The topological polar surface area (TPSA) is 44.8 Å². The molecule has 0 saturated carbocycles. The molecule has 0 amide bonds. The summed E-state index contributed by atoms with van der Waals surface area (Å²) in [7, 11) is -3.59. The van der Waals surface area contributed by atoms with Gasteiger partial charge in [0, 0.05) is 19.8 Å². The molecule has 2 unspecified atom stereocenters. The summed E-state index contributed by atoms with van der Waals surface area (Å²) in [4.78, 5) is 0. The molecule has 14 heavy (non-hydrogen) atoms. The van der Waals surface area contributed by atoms with Gasteiger partial charge in [0.05, 0.1) is 13.7 Å². The Morgan fingerprint density at radius 3 is 1.64 bits per heavy atom. The molecule has 0 spiro atoms. The summed E-state index contributed by atoms with van der Waals surface area (Å²) in [5, 5.41) is -0.0950. The van der Waals surface area contributed by atoms with Gasteiger partial charge in [-0.05, 0) is 20.8 Å². The smallest absolute Gasteiger partial charge is 0.373 e. The van der Waals surface area contributed by atoms with Gasteiger partial charge in [-0.1, -0.05) is 6.92 Å². The zero-order chi connectivity index (χ0) is 11.0. The van der Waals surface area contributed by atoms with Crippen LogP contribution in [0, 0.1) is 0 Å². The zero-order valence-electron chi connectivity index (χ0n) is 9.41. The molecule has 86 valence electrons. The van der Waals surface area contributed by atoms with E-state index in [2.05, 4.69) is 0 Å². The minimum atomic E-state index is -2.67. The molecule has 0 heterocycles. The van der Waals surface area contributed by atoms with Crippen LogP contribution in [0.5, 0.6) is 0 Å². The van der Waals surface area contributed by atoms with Gasteiger partial charge in [0.15, 0.2) is 0 Å². The van der Waals surface area contributed by atoms with Gasteiger partial charge in [-0.2, -0.15) is 0 Å². The lowest BCUT2D eigenvalue weighted by molar-refractivity contribution is 0.0703. The Morgan fingerprint density at radius 2 is 1.43 bits per heavy atom. The molecule has 0 saturated heterocycles. The van der Waals surface area contributed by atoms with Crippen LogP contribution in [0.2, 0.25) is 0 Å². The predicted octanol–water partition coefficient (Wildman–Crippen LogP) is 1.72. The van der Waals surface area contributed by atoms with E-state index in [0.717, 1.165) is 0 Å². The van der Waals surface area contributed by atoms with E-state index in [9.17, 15) is 4.57 Å². The monoisotopic (exact) mass is 240 g/mol. The van der Waals surface area contributed by atoms with Gasteiger partial charge in [0.1, 0.15) is 0 Å². The SMILES string of the molecule is CCO[Si](OCC)(OCC)C(C)[PH2]=O. The molecule has 0 radical (unpaired) electrons. The molecule has 0 bridgehead atoms. The van der Waals surface area contributed by atoms with Crippen molar-refractivity contribution in [3.8, 4) is 0 Å². The van der Waals surface area contributed by atoms with Crippen LogP contribution in [0.3, 0.4) is 0 Å². The van der Waals surface area contributed by atoms with Crippen molar-refractivity contribution < 1.29 is 17.8 Å². The molecule has 6 heteroatoms. The standard InChI is InChI=1S/C8H21O4PSi/c1-5-10-14(11-6-2,12-7-3)8(4)13-9/h8H,5-7,13H2,1-4H3. The molecule has 0 N–H and O–H groups in total. The van der Waals surface area contributed by atoms with E-state index in [0.29, 0.717) is 19.8 Å². The van der Waals surface area contributed by atoms with E-state index in [1.165, 1.54) is 0 Å². The number of hydrogen-bond donors (Lipinski definition) is 0. The van der Waals surface area contributed by atoms with Crippen molar-refractivity contribution in [1.82, 2.24) is 0 Å². The Morgan fingerprint density at radius 1 is 1.07 bits per heavy atom. The first kappa shape index (κ1) is 14.3. The largest absolute Gasteiger partial charge is 0.511 e. The van der Waals surface area contributed by atoms with E-state index >= 15 is 0 Å². The first-order valence-corrected chi connectivity index (χ1v) is 7.97. The average molecular weight is 240 g/mol. The molecule has 0 rings (SSSR count). The Hall–Kier alpha value is 0.327. The summed E-state index contributed by atoms with van der Waals surface area (Å²) in [6, 6.07) is 0. The highest BCUT2D eigenvalue weighted by Crippen LogP contribution is 2.23. The van der Waals surface area contributed by atoms with Crippen molar-refractivity contribution in [2.24, 2.45) is 0 Å². The van der Waals surface area contributed by atoms with Crippen LogP contribution in [-0.4, -0.2) is 33.9 Å². The molecule has 0 aliphatic heterocycles. The van der Waals surface area contributed by atoms with Crippen molar-refractivity contribution in [3.05, 3.63) is 0 Å². The third-order valence-electron chi connectivity index (χ3n) is 1.80. The third kappa shape index (κ3) is 3.83. The molecule has 0 aromatic heterocycles. The maximum absolute atomic E-state index is 11.0.